The first-order chi connectivity index (χ1) is 8.08. The molecule has 0 aliphatic rings. The number of hydrazone groups is 1. The molecule has 0 atom stereocenters. The predicted octanol–water partition coefficient (Wildman–Crippen LogP) is 2.91. The van der Waals surface area contributed by atoms with E-state index in [0.717, 1.165) is 8.95 Å². The zero-order chi connectivity index (χ0) is 12.8. The fourth-order valence-electron chi connectivity index (χ4n) is 1.09. The van der Waals surface area contributed by atoms with Gasteiger partial charge in [-0.1, -0.05) is 15.9 Å². The minimum absolute atomic E-state index is 0.628. The molecule has 0 heterocycles. The molecule has 1 aromatic rings. The molecule has 1 aromatic carbocycles. The summed E-state index contributed by atoms with van der Waals surface area (Å²) in [5, 5.41) is 3.73. The van der Waals surface area contributed by atoms with Crippen molar-refractivity contribution in [1.29, 1.82) is 0 Å². The normalized spacial score (nSPS) is 10.4. The number of carbonyl (C=O) groups excluding carboxylic acids is 1. The number of benzene rings is 1. The number of rotatable bonds is 3. The van der Waals surface area contributed by atoms with Crippen LogP contribution in [-0.2, 0) is 4.74 Å². The molecule has 0 unspecified atom stereocenters. The number of hydrogen-bond acceptors (Lipinski definition) is 4. The lowest BCUT2D eigenvalue weighted by Gasteiger charge is -2.07. The lowest BCUT2D eigenvalue weighted by Crippen LogP contribution is -2.16. The highest BCUT2D eigenvalue weighted by Gasteiger charge is 2.07. The Morgan fingerprint density at radius 3 is 2.71 bits per heavy atom. The summed E-state index contributed by atoms with van der Waals surface area (Å²) in [6.07, 6.45) is 0.833. The molecule has 1 N–H and O–H groups in total. The summed E-state index contributed by atoms with van der Waals surface area (Å²) in [4.78, 5) is 10.8. The molecule has 0 spiro atoms. The highest BCUT2D eigenvalue weighted by Crippen LogP contribution is 2.31. The molecule has 0 aliphatic heterocycles. The van der Waals surface area contributed by atoms with Crippen LogP contribution in [0.15, 0.2) is 26.2 Å². The molecule has 0 saturated heterocycles. The van der Waals surface area contributed by atoms with Crippen molar-refractivity contribution >= 4 is 44.2 Å². The van der Waals surface area contributed by atoms with E-state index in [4.69, 9.17) is 4.74 Å². The average Bonchev–Trinajstić information content (AvgIpc) is 2.28. The maximum atomic E-state index is 10.8. The zero-order valence-electron chi connectivity index (χ0n) is 9.16. The third-order valence-electron chi connectivity index (χ3n) is 1.79. The van der Waals surface area contributed by atoms with Crippen molar-refractivity contribution in [3.63, 3.8) is 0 Å². The van der Waals surface area contributed by atoms with Crippen molar-refractivity contribution < 1.29 is 14.3 Å². The van der Waals surface area contributed by atoms with Crippen LogP contribution in [0.4, 0.5) is 4.79 Å². The molecule has 92 valence electrons. The number of nitrogens with zero attached hydrogens (tertiary/aromatic N) is 1. The first kappa shape index (κ1) is 14.0. The van der Waals surface area contributed by atoms with Crippen molar-refractivity contribution in [2.24, 2.45) is 5.10 Å². The molecule has 5 nitrogen and oxygen atoms in total. The molecule has 17 heavy (non-hydrogen) atoms. The van der Waals surface area contributed by atoms with E-state index < -0.39 is 6.09 Å². The van der Waals surface area contributed by atoms with Gasteiger partial charge >= 0.3 is 6.09 Å². The first-order valence-electron chi connectivity index (χ1n) is 4.48. The van der Waals surface area contributed by atoms with Crippen LogP contribution in [0.3, 0.4) is 0 Å². The summed E-state index contributed by atoms with van der Waals surface area (Å²) < 4.78 is 11.2. The van der Waals surface area contributed by atoms with Gasteiger partial charge in [-0.05, 0) is 28.1 Å². The lowest BCUT2D eigenvalue weighted by atomic mass is 10.2. The molecule has 1 rings (SSSR count). The summed E-state index contributed by atoms with van der Waals surface area (Å²) in [5.74, 6) is 0.628. The summed E-state index contributed by atoms with van der Waals surface area (Å²) >= 11 is 6.72. The standard InChI is InChI=1S/C10H10Br2N2O3/c1-16-9-6(3-7(11)4-8(9)12)5-13-14-10(15)17-2/h3-5H,1-2H3,(H,14,15)/b13-5-. The number of halogens is 2. The Hall–Kier alpha value is -1.08. The van der Waals surface area contributed by atoms with Crippen molar-refractivity contribution in [3.8, 4) is 5.75 Å². The van der Waals surface area contributed by atoms with E-state index in [0.29, 0.717) is 11.3 Å². The average molecular weight is 366 g/mol. The van der Waals surface area contributed by atoms with E-state index in [9.17, 15) is 4.79 Å². The van der Waals surface area contributed by atoms with Gasteiger partial charge in [0.05, 0.1) is 24.9 Å². The molecular weight excluding hydrogens is 356 g/mol. The van der Waals surface area contributed by atoms with Gasteiger partial charge in [-0.15, -0.1) is 0 Å². The minimum Gasteiger partial charge on any atom is -0.495 e. The number of nitrogens with one attached hydrogen (secondary N) is 1. The molecule has 0 aliphatic carbocycles. The molecule has 0 saturated carbocycles. The fourth-order valence-corrected chi connectivity index (χ4v) is 2.51. The highest BCUT2D eigenvalue weighted by molar-refractivity contribution is 9.11. The second kappa shape index (κ2) is 6.61. The number of ether oxygens (including phenoxy) is 2. The molecule has 7 heteroatoms. The van der Waals surface area contributed by atoms with Crippen LogP contribution in [0.1, 0.15) is 5.56 Å². The largest absolute Gasteiger partial charge is 0.495 e. The van der Waals surface area contributed by atoms with Gasteiger partial charge in [0.2, 0.25) is 0 Å². The van der Waals surface area contributed by atoms with Gasteiger partial charge in [-0.25, -0.2) is 10.2 Å². The van der Waals surface area contributed by atoms with Crippen molar-refractivity contribution in [3.05, 3.63) is 26.6 Å². The first-order valence-corrected chi connectivity index (χ1v) is 6.07. The van der Waals surface area contributed by atoms with Gasteiger partial charge in [-0.3, -0.25) is 0 Å². The maximum absolute atomic E-state index is 10.8. The molecule has 0 radical (unpaired) electrons. The highest BCUT2D eigenvalue weighted by atomic mass is 79.9. The Bertz CT molecular complexity index is 449. The van der Waals surface area contributed by atoms with Crippen LogP contribution >= 0.6 is 31.9 Å². The Kier molecular flexibility index (Phi) is 5.43. The van der Waals surface area contributed by atoms with Crippen LogP contribution in [0.25, 0.3) is 0 Å². The van der Waals surface area contributed by atoms with E-state index in [-0.39, 0.29) is 0 Å². The molecule has 0 fully saturated rings. The summed E-state index contributed by atoms with van der Waals surface area (Å²) in [7, 11) is 2.82. The number of amides is 1. The summed E-state index contributed by atoms with van der Waals surface area (Å²) in [5.41, 5.74) is 2.91. The Labute approximate surface area is 115 Å². The Balaban J connectivity index is 2.93. The quantitative estimate of drug-likeness (QED) is 0.661. The fraction of sp³-hybridized carbons (Fsp3) is 0.200. The maximum Gasteiger partial charge on any atom is 0.427 e. The van der Waals surface area contributed by atoms with Crippen LogP contribution < -0.4 is 10.2 Å². The molecule has 0 aromatic heterocycles. The van der Waals surface area contributed by atoms with Crippen LogP contribution in [-0.4, -0.2) is 26.5 Å². The van der Waals surface area contributed by atoms with Gasteiger partial charge in [-0.2, -0.15) is 5.10 Å². The van der Waals surface area contributed by atoms with E-state index in [1.54, 1.807) is 7.11 Å². The third-order valence-corrected chi connectivity index (χ3v) is 2.83. The number of hydrogen-bond donors (Lipinski definition) is 1. The number of carbonyl (C=O) groups is 1. The summed E-state index contributed by atoms with van der Waals surface area (Å²) in [6, 6.07) is 3.66. The smallest absolute Gasteiger partial charge is 0.427 e. The van der Waals surface area contributed by atoms with Gasteiger partial charge < -0.3 is 9.47 Å². The minimum atomic E-state index is -0.630. The van der Waals surface area contributed by atoms with E-state index in [2.05, 4.69) is 47.1 Å². The van der Waals surface area contributed by atoms with Crippen LogP contribution in [0.2, 0.25) is 0 Å². The second-order valence-electron chi connectivity index (χ2n) is 2.87. The van der Waals surface area contributed by atoms with Crippen LogP contribution in [0, 0.1) is 0 Å². The SMILES string of the molecule is COC(=O)N/N=C\c1cc(Br)cc(Br)c1OC. The second-order valence-corrected chi connectivity index (χ2v) is 4.64. The summed E-state index contributed by atoms with van der Waals surface area (Å²) in [6.45, 7) is 0. The zero-order valence-corrected chi connectivity index (χ0v) is 12.3. The molecule has 0 bridgehead atoms. The monoisotopic (exact) mass is 364 g/mol. The van der Waals surface area contributed by atoms with Crippen molar-refractivity contribution in [2.75, 3.05) is 14.2 Å². The predicted molar refractivity (Wildman–Crippen MR) is 71.5 cm³/mol. The van der Waals surface area contributed by atoms with E-state index >= 15 is 0 Å². The van der Waals surface area contributed by atoms with Gasteiger partial charge in [0.25, 0.3) is 0 Å². The van der Waals surface area contributed by atoms with Crippen LogP contribution in [0.5, 0.6) is 5.75 Å². The topological polar surface area (TPSA) is 59.9 Å². The third kappa shape index (κ3) is 4.01. The van der Waals surface area contributed by atoms with Gasteiger partial charge in [0.1, 0.15) is 5.75 Å². The van der Waals surface area contributed by atoms with E-state index in [1.807, 2.05) is 12.1 Å². The van der Waals surface area contributed by atoms with Crippen molar-refractivity contribution in [2.45, 2.75) is 0 Å². The number of methoxy groups -OCH3 is 2. The van der Waals surface area contributed by atoms with E-state index in [1.165, 1.54) is 13.3 Å². The van der Waals surface area contributed by atoms with Crippen molar-refractivity contribution in [1.82, 2.24) is 5.43 Å². The Morgan fingerprint density at radius 2 is 2.12 bits per heavy atom. The van der Waals surface area contributed by atoms with Gasteiger partial charge in [0.15, 0.2) is 0 Å². The molecular formula is C10H10Br2N2O3. The van der Waals surface area contributed by atoms with Gasteiger partial charge in [0, 0.05) is 10.0 Å². The Morgan fingerprint density at radius 1 is 1.41 bits per heavy atom. The lowest BCUT2D eigenvalue weighted by molar-refractivity contribution is 0.171. The molecule has 1 amide bonds.